The maximum atomic E-state index is 12.7. The van der Waals surface area contributed by atoms with Crippen LogP contribution in [-0.4, -0.2) is 27.2 Å². The molecule has 180 valence electrons. The lowest BCUT2D eigenvalue weighted by atomic mass is 9.94. The molecule has 0 amide bonds. The smallest absolute Gasteiger partial charge is 0.358 e. The van der Waals surface area contributed by atoms with Crippen LogP contribution in [0.3, 0.4) is 0 Å². The zero-order valence-corrected chi connectivity index (χ0v) is 20.4. The summed E-state index contributed by atoms with van der Waals surface area (Å²) in [5.41, 5.74) is 10.4. The van der Waals surface area contributed by atoms with Crippen LogP contribution in [0, 0.1) is 0 Å². The number of hydrogen-bond acceptors (Lipinski definition) is 5. The second kappa shape index (κ2) is 9.36. The number of carbonyl (C=O) groups excluding carboxylic acids is 1. The van der Waals surface area contributed by atoms with Crippen molar-refractivity contribution in [3.05, 3.63) is 117 Å². The number of esters is 1. The highest BCUT2D eigenvalue weighted by molar-refractivity contribution is 6.30. The first-order valence-electron chi connectivity index (χ1n) is 11.2. The van der Waals surface area contributed by atoms with Gasteiger partial charge in [-0.1, -0.05) is 60.1 Å². The quantitative estimate of drug-likeness (QED) is 0.342. The van der Waals surface area contributed by atoms with Crippen molar-refractivity contribution in [2.24, 2.45) is 7.05 Å². The van der Waals surface area contributed by atoms with Gasteiger partial charge in [-0.2, -0.15) is 0 Å². The summed E-state index contributed by atoms with van der Waals surface area (Å²) < 4.78 is 8.32. The molecule has 1 atom stereocenters. The summed E-state index contributed by atoms with van der Waals surface area (Å²) in [5, 5.41) is 1.49. The third-order valence-electron chi connectivity index (χ3n) is 6.34. The Bertz CT molecular complexity index is 1640. The molecule has 0 saturated carbocycles. The van der Waals surface area contributed by atoms with Crippen LogP contribution >= 0.6 is 11.6 Å². The summed E-state index contributed by atoms with van der Waals surface area (Å²) in [7, 11) is 3.06. The Kier molecular flexibility index (Phi) is 6.08. The minimum Gasteiger partial charge on any atom is -0.464 e. The topological polar surface area (TPSA) is 92.1 Å². The van der Waals surface area contributed by atoms with Gasteiger partial charge >= 0.3 is 5.97 Å². The van der Waals surface area contributed by atoms with E-state index in [9.17, 15) is 9.59 Å². The van der Waals surface area contributed by atoms with E-state index < -0.39 is 12.0 Å². The lowest BCUT2D eigenvalue weighted by Gasteiger charge is -2.23. The van der Waals surface area contributed by atoms with Gasteiger partial charge in [0.15, 0.2) is 11.5 Å². The zero-order valence-electron chi connectivity index (χ0n) is 19.7. The second-order valence-electron chi connectivity index (χ2n) is 8.43. The number of nitrogens with two attached hydrogens (primary N) is 1. The van der Waals surface area contributed by atoms with Crippen molar-refractivity contribution in [3.8, 4) is 11.1 Å². The van der Waals surface area contributed by atoms with Crippen LogP contribution in [0.25, 0.3) is 22.0 Å². The van der Waals surface area contributed by atoms with Gasteiger partial charge in [0, 0.05) is 23.5 Å². The first-order valence-corrected chi connectivity index (χ1v) is 11.6. The van der Waals surface area contributed by atoms with Crippen molar-refractivity contribution in [1.82, 2.24) is 14.1 Å². The van der Waals surface area contributed by atoms with Crippen LogP contribution in [-0.2, 0) is 11.8 Å². The molecule has 0 bridgehead atoms. The SMILES string of the molecule is COC(=O)c1c(N)ncn1C(c1ccc(Cl)cc1)c1ccc2c(c1)c(-c1ccccc1)cc(=O)n2C. The molecule has 0 saturated heterocycles. The number of imidazole rings is 1. The highest BCUT2D eigenvalue weighted by Gasteiger charge is 2.26. The predicted octanol–water partition coefficient (Wildman–Crippen LogP) is 5.06. The van der Waals surface area contributed by atoms with Gasteiger partial charge in [0.2, 0.25) is 0 Å². The van der Waals surface area contributed by atoms with E-state index in [2.05, 4.69) is 4.98 Å². The minimum atomic E-state index is -0.586. The Morgan fingerprint density at radius 1 is 1.00 bits per heavy atom. The van der Waals surface area contributed by atoms with Crippen molar-refractivity contribution >= 4 is 34.3 Å². The molecule has 5 rings (SSSR count). The van der Waals surface area contributed by atoms with Gasteiger partial charge < -0.3 is 19.6 Å². The number of aryl methyl sites for hydroxylation is 1. The van der Waals surface area contributed by atoms with Crippen LogP contribution < -0.4 is 11.3 Å². The average molecular weight is 499 g/mol. The summed E-state index contributed by atoms with van der Waals surface area (Å²) in [4.78, 5) is 29.6. The van der Waals surface area contributed by atoms with Crippen molar-refractivity contribution in [1.29, 1.82) is 0 Å². The zero-order chi connectivity index (χ0) is 25.4. The number of carbonyl (C=O) groups is 1. The fraction of sp³-hybridized carbons (Fsp3) is 0.107. The lowest BCUT2D eigenvalue weighted by molar-refractivity contribution is 0.0589. The second-order valence-corrected chi connectivity index (χ2v) is 8.87. The molecule has 2 heterocycles. The molecular formula is C28H23ClN4O3. The Morgan fingerprint density at radius 2 is 1.69 bits per heavy atom. The van der Waals surface area contributed by atoms with E-state index in [0.29, 0.717) is 5.02 Å². The third kappa shape index (κ3) is 4.03. The van der Waals surface area contributed by atoms with Gasteiger partial charge in [0.1, 0.15) is 0 Å². The summed E-state index contributed by atoms with van der Waals surface area (Å²) in [6.07, 6.45) is 1.53. The minimum absolute atomic E-state index is 0.0778. The summed E-state index contributed by atoms with van der Waals surface area (Å²) in [6.45, 7) is 0. The molecule has 0 aliphatic carbocycles. The van der Waals surface area contributed by atoms with Crippen molar-refractivity contribution in [3.63, 3.8) is 0 Å². The summed E-state index contributed by atoms with van der Waals surface area (Å²) in [5.74, 6) is -0.508. The molecule has 0 radical (unpaired) electrons. The van der Waals surface area contributed by atoms with E-state index in [1.54, 1.807) is 34.4 Å². The van der Waals surface area contributed by atoms with E-state index in [1.165, 1.54) is 13.4 Å². The maximum Gasteiger partial charge on any atom is 0.358 e. The number of anilines is 1. The van der Waals surface area contributed by atoms with Gasteiger partial charge in [-0.15, -0.1) is 0 Å². The van der Waals surface area contributed by atoms with Crippen molar-refractivity contribution < 1.29 is 9.53 Å². The fourth-order valence-electron chi connectivity index (χ4n) is 4.54. The number of halogens is 1. The van der Waals surface area contributed by atoms with E-state index >= 15 is 0 Å². The Labute approximate surface area is 212 Å². The average Bonchev–Trinajstić information content (AvgIpc) is 3.28. The first kappa shape index (κ1) is 23.4. The molecular weight excluding hydrogens is 476 g/mol. The molecule has 0 spiro atoms. The molecule has 3 aromatic carbocycles. The van der Waals surface area contributed by atoms with E-state index in [4.69, 9.17) is 22.1 Å². The predicted molar refractivity (Wildman–Crippen MR) is 141 cm³/mol. The molecule has 2 N–H and O–H groups in total. The lowest BCUT2D eigenvalue weighted by Crippen LogP contribution is -2.20. The highest BCUT2D eigenvalue weighted by atomic mass is 35.5. The molecule has 1 unspecified atom stereocenters. The number of ether oxygens (including phenoxy) is 1. The largest absolute Gasteiger partial charge is 0.464 e. The van der Waals surface area contributed by atoms with Crippen LogP contribution in [0.2, 0.25) is 5.02 Å². The van der Waals surface area contributed by atoms with E-state index in [1.807, 2.05) is 60.7 Å². The van der Waals surface area contributed by atoms with Gasteiger partial charge in [-0.05, 0) is 46.5 Å². The molecule has 8 heteroatoms. The standard InChI is InChI=1S/C28H23ClN4O3/c1-32-23-13-10-19(14-22(23)21(15-24(32)34)17-6-4-3-5-7-17)25(18-8-11-20(29)12-9-18)33-16-31-27(30)26(33)28(35)36-2/h3-16,25H,30H2,1-2H3. The number of nitrogens with zero attached hydrogens (tertiary/aromatic N) is 3. The number of hydrogen-bond donors (Lipinski definition) is 1. The Balaban J connectivity index is 1.81. The number of pyridine rings is 1. The number of aromatic nitrogens is 3. The highest BCUT2D eigenvalue weighted by Crippen LogP contribution is 2.35. The molecule has 5 aromatic rings. The maximum absolute atomic E-state index is 12.7. The number of rotatable bonds is 5. The van der Waals surface area contributed by atoms with Crippen LogP contribution in [0.5, 0.6) is 0 Å². The summed E-state index contributed by atoms with van der Waals surface area (Å²) >= 11 is 6.17. The number of methoxy groups -OCH3 is 1. The van der Waals surface area contributed by atoms with E-state index in [0.717, 1.165) is 33.2 Å². The summed E-state index contributed by atoms with van der Waals surface area (Å²) in [6, 6.07) is 24.2. The van der Waals surface area contributed by atoms with Crippen LogP contribution in [0.1, 0.15) is 27.7 Å². The van der Waals surface area contributed by atoms with Crippen LogP contribution in [0.4, 0.5) is 5.82 Å². The molecule has 2 aromatic heterocycles. The number of benzene rings is 3. The van der Waals surface area contributed by atoms with Gasteiger partial charge in [-0.25, -0.2) is 9.78 Å². The first-order chi connectivity index (χ1) is 17.4. The van der Waals surface area contributed by atoms with Gasteiger partial charge in [0.05, 0.1) is 25.0 Å². The van der Waals surface area contributed by atoms with Crippen LogP contribution in [0.15, 0.2) is 90.0 Å². The van der Waals surface area contributed by atoms with Gasteiger partial charge in [0.25, 0.3) is 5.56 Å². The Morgan fingerprint density at radius 3 is 2.39 bits per heavy atom. The number of fused-ring (bicyclic) bond motifs is 1. The van der Waals surface area contributed by atoms with Gasteiger partial charge in [-0.3, -0.25) is 4.79 Å². The third-order valence-corrected chi connectivity index (χ3v) is 6.59. The molecule has 0 aliphatic heterocycles. The van der Waals surface area contributed by atoms with E-state index in [-0.39, 0.29) is 17.1 Å². The molecule has 0 aliphatic rings. The van der Waals surface area contributed by atoms with Crippen molar-refractivity contribution in [2.75, 3.05) is 12.8 Å². The fourth-order valence-corrected chi connectivity index (χ4v) is 4.67. The Hall–Kier alpha value is -4.36. The molecule has 7 nitrogen and oxygen atoms in total. The normalized spacial score (nSPS) is 12.0. The van der Waals surface area contributed by atoms with Crippen molar-refractivity contribution in [2.45, 2.75) is 6.04 Å². The monoisotopic (exact) mass is 498 g/mol. The molecule has 0 fully saturated rings. The number of nitrogen functional groups attached to an aromatic ring is 1. The molecule has 36 heavy (non-hydrogen) atoms.